The first-order chi connectivity index (χ1) is 8.60. The molecule has 2 aliphatic rings. The minimum atomic E-state index is -0.591. The van der Waals surface area contributed by atoms with Gasteiger partial charge in [0.05, 0.1) is 5.92 Å². The summed E-state index contributed by atoms with van der Waals surface area (Å²) in [6.45, 7) is 6.98. The van der Waals surface area contributed by atoms with Crippen molar-refractivity contribution in [3.8, 4) is 0 Å². The Hall–Kier alpha value is -0.570. The quantitative estimate of drug-likeness (QED) is 0.790. The lowest BCUT2D eigenvalue weighted by Crippen LogP contribution is -2.59. The maximum atomic E-state index is 11.0. The van der Waals surface area contributed by atoms with E-state index in [1.54, 1.807) is 0 Å². The van der Waals surface area contributed by atoms with Gasteiger partial charge in [0.2, 0.25) is 0 Å². The number of carbonyl (C=O) groups is 1. The van der Waals surface area contributed by atoms with E-state index in [1.165, 1.54) is 38.8 Å². The molecule has 1 saturated carbocycles. The average molecular weight is 253 g/mol. The third kappa shape index (κ3) is 2.71. The number of rotatable bonds is 6. The van der Waals surface area contributed by atoms with Gasteiger partial charge >= 0.3 is 5.97 Å². The molecule has 1 saturated heterocycles. The van der Waals surface area contributed by atoms with Crippen LogP contribution in [0.3, 0.4) is 0 Å². The van der Waals surface area contributed by atoms with Crippen LogP contribution in [0.15, 0.2) is 0 Å². The molecular weight excluding hydrogens is 226 g/mol. The summed E-state index contributed by atoms with van der Waals surface area (Å²) in [6.07, 6.45) is 8.07. The number of hydrogen-bond donors (Lipinski definition) is 1. The molecule has 0 aromatic carbocycles. The molecule has 3 heteroatoms. The Kier molecular flexibility index (Phi) is 4.31. The molecule has 0 spiro atoms. The Bertz CT molecular complexity index is 289. The zero-order valence-corrected chi connectivity index (χ0v) is 11.8. The number of nitrogens with zero attached hydrogens (tertiary/aromatic N) is 1. The molecule has 2 fully saturated rings. The first-order valence-corrected chi connectivity index (χ1v) is 7.57. The highest BCUT2D eigenvalue weighted by molar-refractivity contribution is 5.70. The number of hydrogen-bond acceptors (Lipinski definition) is 2. The van der Waals surface area contributed by atoms with E-state index >= 15 is 0 Å². The predicted octanol–water partition coefficient (Wildman–Crippen LogP) is 3.14. The lowest BCUT2D eigenvalue weighted by atomic mass is 9.72. The van der Waals surface area contributed by atoms with Crippen LogP contribution in [-0.4, -0.2) is 35.1 Å². The number of carboxylic acids is 1. The van der Waals surface area contributed by atoms with Gasteiger partial charge in [0.15, 0.2) is 0 Å². The summed E-state index contributed by atoms with van der Waals surface area (Å²) in [4.78, 5) is 13.5. The number of likely N-dealkylation sites (tertiary alicyclic amines) is 1. The van der Waals surface area contributed by atoms with E-state index in [0.717, 1.165) is 19.3 Å². The molecule has 0 aromatic heterocycles. The van der Waals surface area contributed by atoms with Crippen molar-refractivity contribution in [2.24, 2.45) is 11.3 Å². The van der Waals surface area contributed by atoms with Crippen LogP contribution in [-0.2, 0) is 4.79 Å². The van der Waals surface area contributed by atoms with Crippen LogP contribution in [0.25, 0.3) is 0 Å². The van der Waals surface area contributed by atoms with Gasteiger partial charge in [0.25, 0.3) is 0 Å². The summed E-state index contributed by atoms with van der Waals surface area (Å²) in [5.41, 5.74) is 0.560. The normalized spacial score (nSPS) is 31.2. The van der Waals surface area contributed by atoms with Crippen molar-refractivity contribution in [3.63, 3.8) is 0 Å². The van der Waals surface area contributed by atoms with Gasteiger partial charge in [-0.2, -0.15) is 0 Å². The zero-order valence-electron chi connectivity index (χ0n) is 11.8. The van der Waals surface area contributed by atoms with E-state index in [4.69, 9.17) is 5.11 Å². The van der Waals surface area contributed by atoms with Crippen LogP contribution >= 0.6 is 0 Å². The average Bonchev–Trinajstić information content (AvgIpc) is 2.74. The summed E-state index contributed by atoms with van der Waals surface area (Å²) < 4.78 is 0. The summed E-state index contributed by atoms with van der Waals surface area (Å²) in [7, 11) is 0. The Labute approximate surface area is 111 Å². The summed E-state index contributed by atoms with van der Waals surface area (Å²) in [6, 6.07) is 0.549. The highest BCUT2D eigenvalue weighted by Gasteiger charge is 2.46. The van der Waals surface area contributed by atoms with E-state index in [-0.39, 0.29) is 5.92 Å². The van der Waals surface area contributed by atoms with Crippen molar-refractivity contribution in [3.05, 3.63) is 0 Å². The first kappa shape index (κ1) is 13.9. The molecule has 0 bridgehead atoms. The van der Waals surface area contributed by atoms with Gasteiger partial charge in [-0.1, -0.05) is 26.7 Å². The van der Waals surface area contributed by atoms with Crippen molar-refractivity contribution in [1.29, 1.82) is 0 Å². The Balaban J connectivity index is 1.83. The molecule has 1 aliphatic carbocycles. The van der Waals surface area contributed by atoms with Gasteiger partial charge < -0.3 is 5.11 Å². The van der Waals surface area contributed by atoms with Crippen molar-refractivity contribution in [2.75, 3.05) is 13.1 Å². The molecule has 0 amide bonds. The van der Waals surface area contributed by atoms with E-state index in [0.29, 0.717) is 11.5 Å². The smallest absolute Gasteiger partial charge is 0.306 e. The van der Waals surface area contributed by atoms with Gasteiger partial charge in [-0.05, 0) is 37.5 Å². The largest absolute Gasteiger partial charge is 0.481 e. The molecule has 2 unspecified atom stereocenters. The van der Waals surface area contributed by atoms with E-state index in [2.05, 4.69) is 18.7 Å². The molecule has 18 heavy (non-hydrogen) atoms. The monoisotopic (exact) mass is 253 g/mol. The molecule has 0 aromatic rings. The standard InChI is InChI=1S/C15H27NO2/c1-3-7-15(8-4-2)10-16(11-15)13-6-5-12(9-13)14(17)18/h12-13H,3-11H2,1-2H3,(H,17,18). The van der Waals surface area contributed by atoms with Crippen molar-refractivity contribution in [2.45, 2.75) is 64.8 Å². The van der Waals surface area contributed by atoms with Crippen LogP contribution in [0.5, 0.6) is 0 Å². The lowest BCUT2D eigenvalue weighted by Gasteiger charge is -2.53. The molecule has 2 atom stereocenters. The topological polar surface area (TPSA) is 40.5 Å². The molecule has 3 nitrogen and oxygen atoms in total. The first-order valence-electron chi connectivity index (χ1n) is 7.57. The fourth-order valence-corrected chi connectivity index (χ4v) is 4.09. The molecule has 1 heterocycles. The fraction of sp³-hybridized carbons (Fsp3) is 0.933. The van der Waals surface area contributed by atoms with Crippen molar-refractivity contribution < 1.29 is 9.90 Å². The van der Waals surface area contributed by atoms with E-state index in [1.807, 2.05) is 0 Å². The molecule has 1 aliphatic heterocycles. The van der Waals surface area contributed by atoms with Crippen molar-refractivity contribution in [1.82, 2.24) is 4.90 Å². The third-order valence-corrected chi connectivity index (χ3v) is 4.91. The second-order valence-corrected chi connectivity index (χ2v) is 6.41. The van der Waals surface area contributed by atoms with Gasteiger partial charge in [0, 0.05) is 19.1 Å². The highest BCUT2D eigenvalue weighted by Crippen LogP contribution is 2.43. The number of aliphatic carboxylic acids is 1. The minimum Gasteiger partial charge on any atom is -0.481 e. The van der Waals surface area contributed by atoms with Crippen molar-refractivity contribution >= 4 is 5.97 Å². The SMILES string of the molecule is CCCC1(CCC)CN(C2CCC(C(=O)O)C2)C1. The summed E-state index contributed by atoms with van der Waals surface area (Å²) in [5, 5.41) is 9.06. The Morgan fingerprint density at radius 1 is 1.22 bits per heavy atom. The second-order valence-electron chi connectivity index (χ2n) is 6.41. The van der Waals surface area contributed by atoms with Crippen LogP contribution in [0.1, 0.15) is 58.8 Å². The van der Waals surface area contributed by atoms with Gasteiger partial charge in [-0.25, -0.2) is 0 Å². The molecule has 1 N–H and O–H groups in total. The highest BCUT2D eigenvalue weighted by atomic mass is 16.4. The van der Waals surface area contributed by atoms with Crippen LogP contribution in [0.4, 0.5) is 0 Å². The summed E-state index contributed by atoms with van der Waals surface area (Å²) >= 11 is 0. The molecule has 0 radical (unpaired) electrons. The third-order valence-electron chi connectivity index (χ3n) is 4.91. The maximum Gasteiger partial charge on any atom is 0.306 e. The molecule has 2 rings (SSSR count). The zero-order chi connectivity index (χ0) is 13.2. The lowest BCUT2D eigenvalue weighted by molar-refractivity contribution is -0.141. The second kappa shape index (κ2) is 5.60. The summed E-state index contributed by atoms with van der Waals surface area (Å²) in [5.74, 6) is -0.672. The van der Waals surface area contributed by atoms with Gasteiger partial charge in [-0.15, -0.1) is 0 Å². The molecular formula is C15H27NO2. The predicted molar refractivity (Wildman–Crippen MR) is 72.6 cm³/mol. The van der Waals surface area contributed by atoms with E-state index < -0.39 is 5.97 Å². The minimum absolute atomic E-state index is 0.0812. The van der Waals surface area contributed by atoms with Gasteiger partial charge in [-0.3, -0.25) is 9.69 Å². The Morgan fingerprint density at radius 2 is 1.83 bits per heavy atom. The van der Waals surface area contributed by atoms with Gasteiger partial charge in [0.1, 0.15) is 0 Å². The fourth-order valence-electron chi connectivity index (χ4n) is 4.09. The van der Waals surface area contributed by atoms with Crippen LogP contribution in [0.2, 0.25) is 0 Å². The van der Waals surface area contributed by atoms with Crippen LogP contribution in [0, 0.1) is 11.3 Å². The van der Waals surface area contributed by atoms with Crippen LogP contribution < -0.4 is 0 Å². The molecule has 104 valence electrons. The Morgan fingerprint density at radius 3 is 2.28 bits per heavy atom. The number of carboxylic acid groups (broad SMARTS) is 1. The van der Waals surface area contributed by atoms with E-state index in [9.17, 15) is 4.79 Å². The maximum absolute atomic E-state index is 11.0.